The summed E-state index contributed by atoms with van der Waals surface area (Å²) in [7, 11) is -2.89. The Balaban J connectivity index is 2.53. The second-order valence-electron chi connectivity index (χ2n) is 3.22. The number of hydrogen-bond acceptors (Lipinski definition) is 4. The lowest BCUT2D eigenvalue weighted by Gasteiger charge is -2.02. The molecule has 0 saturated heterocycles. The van der Waals surface area contributed by atoms with Gasteiger partial charge in [-0.3, -0.25) is 0 Å². The summed E-state index contributed by atoms with van der Waals surface area (Å²) in [5, 5.41) is 8.70. The van der Waals surface area contributed by atoms with E-state index in [1.54, 1.807) is 25.1 Å². The van der Waals surface area contributed by atoms with E-state index in [9.17, 15) is 8.42 Å². The molecule has 0 amide bonds. The Hall–Kier alpha value is -0.990. The van der Waals surface area contributed by atoms with Crippen LogP contribution < -0.4 is 0 Å². The predicted octanol–water partition coefficient (Wildman–Crippen LogP) is 2.09. The van der Waals surface area contributed by atoms with Crippen molar-refractivity contribution in [3.05, 3.63) is 29.8 Å². The first-order valence-electron chi connectivity index (χ1n) is 4.91. The highest BCUT2D eigenvalue weighted by atomic mass is 32.2. The second-order valence-corrected chi connectivity index (χ2v) is 6.87. The minimum atomic E-state index is -2.89. The fourth-order valence-electron chi connectivity index (χ4n) is 1.09. The van der Waals surface area contributed by atoms with Gasteiger partial charge in [0.1, 0.15) is 0 Å². The van der Waals surface area contributed by atoms with Gasteiger partial charge >= 0.3 is 0 Å². The lowest BCUT2D eigenvalue weighted by molar-refractivity contribution is 0.599. The Morgan fingerprint density at radius 3 is 2.81 bits per heavy atom. The van der Waals surface area contributed by atoms with Crippen molar-refractivity contribution in [2.45, 2.75) is 11.8 Å². The van der Waals surface area contributed by atoms with E-state index >= 15 is 0 Å². The third-order valence-corrected chi connectivity index (χ3v) is 5.03. The highest BCUT2D eigenvalue weighted by Gasteiger charge is 2.07. The van der Waals surface area contributed by atoms with Gasteiger partial charge in [-0.05, 0) is 18.2 Å². The molecule has 16 heavy (non-hydrogen) atoms. The largest absolute Gasteiger partial charge is 0.229 e. The fourth-order valence-corrected chi connectivity index (χ4v) is 3.34. The van der Waals surface area contributed by atoms with Crippen molar-refractivity contribution in [1.82, 2.24) is 0 Å². The van der Waals surface area contributed by atoms with E-state index < -0.39 is 9.84 Å². The summed E-state index contributed by atoms with van der Waals surface area (Å²) in [5.41, 5.74) is 0.600. The molecule has 0 fully saturated rings. The maximum absolute atomic E-state index is 11.2. The normalized spacial score (nSPS) is 11.0. The minimum absolute atomic E-state index is 0.185. The van der Waals surface area contributed by atoms with Gasteiger partial charge in [0, 0.05) is 16.4 Å². The fraction of sp³-hybridized carbons (Fsp3) is 0.364. The van der Waals surface area contributed by atoms with Crippen LogP contribution in [0.3, 0.4) is 0 Å². The van der Waals surface area contributed by atoms with Crippen LogP contribution in [0.5, 0.6) is 0 Å². The van der Waals surface area contributed by atoms with Crippen LogP contribution in [0.1, 0.15) is 12.5 Å². The van der Waals surface area contributed by atoms with Crippen molar-refractivity contribution in [1.29, 1.82) is 5.26 Å². The molecule has 0 spiro atoms. The number of sulfone groups is 1. The molecule has 0 aliphatic heterocycles. The number of hydrogen-bond donors (Lipinski definition) is 0. The standard InChI is InChI=1S/C11H13NO2S2/c1-2-16(13,14)7-6-15-11-5-3-4-10(8-11)9-12/h3-5,8H,2,6-7H2,1H3. The van der Waals surface area contributed by atoms with Crippen LogP contribution in [0.15, 0.2) is 29.2 Å². The molecular weight excluding hydrogens is 242 g/mol. The highest BCUT2D eigenvalue weighted by molar-refractivity contribution is 8.00. The van der Waals surface area contributed by atoms with Crippen LogP contribution in [0.25, 0.3) is 0 Å². The SMILES string of the molecule is CCS(=O)(=O)CCSc1cccc(C#N)c1. The lowest BCUT2D eigenvalue weighted by Crippen LogP contribution is -2.10. The van der Waals surface area contributed by atoms with Crippen molar-refractivity contribution >= 4 is 21.6 Å². The monoisotopic (exact) mass is 255 g/mol. The number of nitrogens with zero attached hydrogens (tertiary/aromatic N) is 1. The van der Waals surface area contributed by atoms with Gasteiger partial charge in [0.25, 0.3) is 0 Å². The topological polar surface area (TPSA) is 57.9 Å². The quantitative estimate of drug-likeness (QED) is 0.756. The highest BCUT2D eigenvalue weighted by Crippen LogP contribution is 2.19. The van der Waals surface area contributed by atoms with Crippen LogP contribution >= 0.6 is 11.8 Å². The second kappa shape index (κ2) is 5.92. The third-order valence-electron chi connectivity index (χ3n) is 2.07. The van der Waals surface area contributed by atoms with Crippen LogP contribution in [0.4, 0.5) is 0 Å². The smallest absolute Gasteiger partial charge is 0.150 e. The van der Waals surface area contributed by atoms with Crippen molar-refractivity contribution in [2.75, 3.05) is 17.3 Å². The molecule has 0 radical (unpaired) electrons. The summed E-state index contributed by atoms with van der Waals surface area (Å²) in [6.45, 7) is 1.65. The average Bonchev–Trinajstić information content (AvgIpc) is 2.29. The molecule has 0 bridgehead atoms. The zero-order valence-electron chi connectivity index (χ0n) is 9.01. The number of benzene rings is 1. The average molecular weight is 255 g/mol. The predicted molar refractivity (Wildman–Crippen MR) is 66.2 cm³/mol. The van der Waals surface area contributed by atoms with E-state index in [2.05, 4.69) is 6.07 Å². The molecule has 0 aliphatic rings. The summed E-state index contributed by atoms with van der Waals surface area (Å²) in [6, 6.07) is 9.23. The summed E-state index contributed by atoms with van der Waals surface area (Å²) in [5.74, 6) is 0.905. The molecule has 0 atom stereocenters. The number of thioether (sulfide) groups is 1. The molecule has 1 rings (SSSR count). The summed E-state index contributed by atoms with van der Waals surface area (Å²) < 4.78 is 22.5. The Labute approximate surface area is 100 Å². The number of nitriles is 1. The van der Waals surface area contributed by atoms with E-state index in [4.69, 9.17) is 5.26 Å². The van der Waals surface area contributed by atoms with E-state index in [0.29, 0.717) is 11.3 Å². The van der Waals surface area contributed by atoms with Crippen molar-refractivity contribution < 1.29 is 8.42 Å². The van der Waals surface area contributed by atoms with Crippen LogP contribution in [-0.4, -0.2) is 25.7 Å². The summed E-state index contributed by atoms with van der Waals surface area (Å²) in [4.78, 5) is 0.936. The van der Waals surface area contributed by atoms with Crippen molar-refractivity contribution in [3.8, 4) is 6.07 Å². The molecule has 1 aromatic carbocycles. The van der Waals surface area contributed by atoms with Gasteiger partial charge in [0.15, 0.2) is 9.84 Å². The molecule has 3 nitrogen and oxygen atoms in total. The molecular formula is C11H13NO2S2. The van der Waals surface area contributed by atoms with Gasteiger partial charge < -0.3 is 0 Å². The van der Waals surface area contributed by atoms with E-state index in [0.717, 1.165) is 4.90 Å². The first kappa shape index (κ1) is 13.1. The van der Waals surface area contributed by atoms with E-state index in [-0.39, 0.29) is 11.5 Å². The zero-order chi connectivity index (χ0) is 12.0. The van der Waals surface area contributed by atoms with Gasteiger partial charge in [-0.15, -0.1) is 11.8 Å². The lowest BCUT2D eigenvalue weighted by atomic mass is 10.2. The first-order chi connectivity index (χ1) is 7.57. The van der Waals surface area contributed by atoms with E-state index in [1.165, 1.54) is 11.8 Å². The maximum Gasteiger partial charge on any atom is 0.150 e. The molecule has 1 aromatic rings. The zero-order valence-corrected chi connectivity index (χ0v) is 10.6. The minimum Gasteiger partial charge on any atom is -0.229 e. The van der Waals surface area contributed by atoms with Crippen molar-refractivity contribution in [3.63, 3.8) is 0 Å². The van der Waals surface area contributed by atoms with Gasteiger partial charge in [0.05, 0.1) is 17.4 Å². The van der Waals surface area contributed by atoms with E-state index in [1.807, 2.05) is 6.07 Å². The van der Waals surface area contributed by atoms with Gasteiger partial charge in [-0.2, -0.15) is 5.26 Å². The van der Waals surface area contributed by atoms with Gasteiger partial charge in [-0.25, -0.2) is 8.42 Å². The maximum atomic E-state index is 11.2. The van der Waals surface area contributed by atoms with Crippen LogP contribution in [-0.2, 0) is 9.84 Å². The molecule has 0 aliphatic carbocycles. The van der Waals surface area contributed by atoms with Crippen LogP contribution in [0, 0.1) is 11.3 Å². The number of rotatable bonds is 5. The molecule has 86 valence electrons. The summed E-state index contributed by atoms with van der Waals surface area (Å²) in [6.07, 6.45) is 0. The Kier molecular flexibility index (Phi) is 4.84. The van der Waals surface area contributed by atoms with Crippen LogP contribution in [0.2, 0.25) is 0 Å². The first-order valence-corrected chi connectivity index (χ1v) is 7.71. The Morgan fingerprint density at radius 2 is 2.19 bits per heavy atom. The molecule has 0 saturated carbocycles. The summed E-state index contributed by atoms with van der Waals surface area (Å²) >= 11 is 1.46. The Bertz CT molecular complexity index is 489. The third kappa shape index (κ3) is 4.25. The van der Waals surface area contributed by atoms with Gasteiger partial charge in [0.2, 0.25) is 0 Å². The Morgan fingerprint density at radius 1 is 1.44 bits per heavy atom. The van der Waals surface area contributed by atoms with Crippen molar-refractivity contribution in [2.24, 2.45) is 0 Å². The molecule has 0 heterocycles. The molecule has 5 heteroatoms. The molecule has 0 aromatic heterocycles. The molecule has 0 unspecified atom stereocenters. The molecule has 0 N–H and O–H groups in total. The van der Waals surface area contributed by atoms with Gasteiger partial charge in [-0.1, -0.05) is 13.0 Å².